The molecule has 0 radical (unpaired) electrons. The molecule has 0 aliphatic carbocycles. The maximum absolute atomic E-state index is 12.5. The molecule has 0 aliphatic heterocycles. The van der Waals surface area contributed by atoms with E-state index in [1.165, 1.54) is 13.3 Å². The van der Waals surface area contributed by atoms with Crippen molar-refractivity contribution < 1.29 is 23.2 Å². The Morgan fingerprint density at radius 2 is 1.73 bits per heavy atom. The number of nitrogens with zero attached hydrogens (tertiary/aromatic N) is 1. The Hall–Kier alpha value is -4.65. The standard InChI is InChI=1S/C26H18N2O5/c1-31-26(30)18-8-6-17(7-9-18)22-13-11-19(32-22)15-27-28-25(29)24-14-21-20-5-3-2-4-16(20)10-12-23(21)33-24/h2-15H,1H3,(H,28,29)/b27-15-. The predicted octanol–water partition coefficient (Wildman–Crippen LogP) is 5.40. The molecule has 2 aromatic heterocycles. The summed E-state index contributed by atoms with van der Waals surface area (Å²) < 4.78 is 16.1. The van der Waals surface area contributed by atoms with Crippen LogP contribution in [0.15, 0.2) is 92.8 Å². The lowest BCUT2D eigenvalue weighted by atomic mass is 10.1. The molecule has 0 saturated heterocycles. The molecule has 2 heterocycles. The van der Waals surface area contributed by atoms with Gasteiger partial charge in [-0.3, -0.25) is 4.79 Å². The molecule has 7 heteroatoms. The van der Waals surface area contributed by atoms with Crippen molar-refractivity contribution in [2.75, 3.05) is 7.11 Å². The topological polar surface area (TPSA) is 94.0 Å². The number of hydrogen-bond acceptors (Lipinski definition) is 6. The highest BCUT2D eigenvalue weighted by Gasteiger charge is 2.13. The largest absolute Gasteiger partial charge is 0.465 e. The molecule has 5 aromatic rings. The van der Waals surface area contributed by atoms with E-state index in [1.54, 1.807) is 42.5 Å². The minimum atomic E-state index is -0.461. The number of esters is 1. The van der Waals surface area contributed by atoms with Gasteiger partial charge in [0, 0.05) is 10.9 Å². The summed E-state index contributed by atoms with van der Waals surface area (Å²) in [5, 5.41) is 6.93. The number of carbonyl (C=O) groups excluding carboxylic acids is 2. The average Bonchev–Trinajstić information content (AvgIpc) is 3.51. The second-order valence-corrected chi connectivity index (χ2v) is 7.28. The zero-order chi connectivity index (χ0) is 22.8. The maximum atomic E-state index is 12.5. The summed E-state index contributed by atoms with van der Waals surface area (Å²) in [4.78, 5) is 24.0. The summed E-state index contributed by atoms with van der Waals surface area (Å²) in [6.45, 7) is 0. The maximum Gasteiger partial charge on any atom is 0.337 e. The van der Waals surface area contributed by atoms with Crippen molar-refractivity contribution in [3.63, 3.8) is 0 Å². The first-order valence-corrected chi connectivity index (χ1v) is 10.2. The highest BCUT2D eigenvalue weighted by Crippen LogP contribution is 2.28. The number of hydrogen-bond donors (Lipinski definition) is 1. The fraction of sp³-hybridized carbons (Fsp3) is 0.0385. The smallest absolute Gasteiger partial charge is 0.337 e. The monoisotopic (exact) mass is 438 g/mol. The Bertz CT molecular complexity index is 1510. The van der Waals surface area contributed by atoms with E-state index < -0.39 is 11.9 Å². The van der Waals surface area contributed by atoms with Gasteiger partial charge in [-0.2, -0.15) is 5.10 Å². The summed E-state index contributed by atoms with van der Waals surface area (Å²) in [5.74, 6) is 0.365. The number of benzene rings is 3. The van der Waals surface area contributed by atoms with Crippen LogP contribution in [0.1, 0.15) is 26.7 Å². The number of amides is 1. The van der Waals surface area contributed by atoms with Crippen LogP contribution in [0.2, 0.25) is 0 Å². The summed E-state index contributed by atoms with van der Waals surface area (Å²) >= 11 is 0. The third kappa shape index (κ3) is 3.99. The minimum absolute atomic E-state index is 0.171. The first-order chi connectivity index (χ1) is 16.1. The van der Waals surface area contributed by atoms with Gasteiger partial charge in [0.25, 0.3) is 0 Å². The van der Waals surface area contributed by atoms with E-state index in [4.69, 9.17) is 13.6 Å². The van der Waals surface area contributed by atoms with Crippen molar-refractivity contribution in [2.24, 2.45) is 5.10 Å². The molecule has 1 amide bonds. The van der Waals surface area contributed by atoms with Crippen LogP contribution in [-0.4, -0.2) is 25.2 Å². The zero-order valence-corrected chi connectivity index (χ0v) is 17.6. The van der Waals surface area contributed by atoms with Crippen LogP contribution in [0, 0.1) is 0 Å². The van der Waals surface area contributed by atoms with E-state index in [0.29, 0.717) is 22.7 Å². The Kier molecular flexibility index (Phi) is 5.20. The molecule has 0 aliphatic rings. The zero-order valence-electron chi connectivity index (χ0n) is 17.6. The molecule has 3 aromatic carbocycles. The average molecular weight is 438 g/mol. The van der Waals surface area contributed by atoms with Crippen LogP contribution in [0.5, 0.6) is 0 Å². The van der Waals surface area contributed by atoms with Crippen molar-refractivity contribution in [2.45, 2.75) is 0 Å². The number of carbonyl (C=O) groups is 2. The number of methoxy groups -OCH3 is 1. The van der Waals surface area contributed by atoms with Crippen LogP contribution in [0.3, 0.4) is 0 Å². The molecular weight excluding hydrogens is 420 g/mol. The van der Waals surface area contributed by atoms with Gasteiger partial charge in [0.2, 0.25) is 0 Å². The second kappa shape index (κ2) is 8.47. The fourth-order valence-corrected chi connectivity index (χ4v) is 3.58. The molecular formula is C26H18N2O5. The molecule has 5 rings (SSSR count). The van der Waals surface area contributed by atoms with Gasteiger partial charge >= 0.3 is 11.9 Å². The van der Waals surface area contributed by atoms with Crippen LogP contribution >= 0.6 is 0 Å². The SMILES string of the molecule is COC(=O)c1ccc(-c2ccc(/C=N\NC(=O)c3cc4c(ccc5ccccc54)o3)o2)cc1. The van der Waals surface area contributed by atoms with Gasteiger partial charge in [0.1, 0.15) is 17.1 Å². The Morgan fingerprint density at radius 1 is 0.909 bits per heavy atom. The summed E-state index contributed by atoms with van der Waals surface area (Å²) in [7, 11) is 1.34. The van der Waals surface area contributed by atoms with Crippen molar-refractivity contribution >= 4 is 39.8 Å². The quantitative estimate of drug-likeness (QED) is 0.225. The van der Waals surface area contributed by atoms with Crippen LogP contribution in [0.4, 0.5) is 0 Å². The van der Waals surface area contributed by atoms with Crippen molar-refractivity contribution in [1.82, 2.24) is 5.43 Å². The highest BCUT2D eigenvalue weighted by molar-refractivity contribution is 6.08. The number of rotatable bonds is 5. The van der Waals surface area contributed by atoms with Gasteiger partial charge in [-0.1, -0.05) is 42.5 Å². The molecule has 0 bridgehead atoms. The lowest BCUT2D eigenvalue weighted by Crippen LogP contribution is -2.16. The molecule has 162 valence electrons. The number of nitrogens with one attached hydrogen (secondary N) is 1. The summed E-state index contributed by atoms with van der Waals surface area (Å²) in [6, 6.07) is 23.8. The van der Waals surface area contributed by atoms with Gasteiger partial charge < -0.3 is 13.6 Å². The lowest BCUT2D eigenvalue weighted by molar-refractivity contribution is 0.0600. The summed E-state index contributed by atoms with van der Waals surface area (Å²) in [5.41, 5.74) is 4.34. The molecule has 0 unspecified atom stereocenters. The van der Waals surface area contributed by atoms with Gasteiger partial charge in [-0.25, -0.2) is 10.2 Å². The normalized spacial score (nSPS) is 11.3. The minimum Gasteiger partial charge on any atom is -0.465 e. The van der Waals surface area contributed by atoms with E-state index in [1.807, 2.05) is 36.4 Å². The van der Waals surface area contributed by atoms with Gasteiger partial charge in [-0.05, 0) is 47.2 Å². The lowest BCUT2D eigenvalue weighted by Gasteiger charge is -2.00. The fourth-order valence-electron chi connectivity index (χ4n) is 3.58. The Labute approximate surface area is 188 Å². The molecule has 1 N–H and O–H groups in total. The Morgan fingerprint density at radius 3 is 2.55 bits per heavy atom. The van der Waals surface area contributed by atoms with E-state index in [9.17, 15) is 9.59 Å². The molecule has 7 nitrogen and oxygen atoms in total. The second-order valence-electron chi connectivity index (χ2n) is 7.28. The van der Waals surface area contributed by atoms with Gasteiger partial charge in [0.05, 0.1) is 18.9 Å². The van der Waals surface area contributed by atoms with Crippen LogP contribution in [0.25, 0.3) is 33.1 Å². The third-order valence-corrected chi connectivity index (χ3v) is 5.23. The number of fused-ring (bicyclic) bond motifs is 3. The van der Waals surface area contributed by atoms with Crippen molar-refractivity contribution in [3.8, 4) is 11.3 Å². The highest BCUT2D eigenvalue weighted by atomic mass is 16.5. The molecule has 0 saturated carbocycles. The molecule has 0 spiro atoms. The summed E-state index contributed by atoms with van der Waals surface area (Å²) in [6.07, 6.45) is 1.41. The predicted molar refractivity (Wildman–Crippen MR) is 124 cm³/mol. The van der Waals surface area contributed by atoms with E-state index in [2.05, 4.69) is 10.5 Å². The van der Waals surface area contributed by atoms with E-state index in [-0.39, 0.29) is 5.76 Å². The number of hydrazone groups is 1. The van der Waals surface area contributed by atoms with E-state index >= 15 is 0 Å². The number of furan rings is 2. The van der Waals surface area contributed by atoms with Crippen molar-refractivity contribution in [3.05, 3.63) is 95.9 Å². The first-order valence-electron chi connectivity index (χ1n) is 10.2. The van der Waals surface area contributed by atoms with Crippen LogP contribution < -0.4 is 5.43 Å². The molecule has 0 fully saturated rings. The van der Waals surface area contributed by atoms with Crippen LogP contribution in [-0.2, 0) is 4.74 Å². The van der Waals surface area contributed by atoms with Gasteiger partial charge in [0.15, 0.2) is 5.76 Å². The number of ether oxygens (including phenoxy) is 1. The van der Waals surface area contributed by atoms with Crippen molar-refractivity contribution in [1.29, 1.82) is 0 Å². The van der Waals surface area contributed by atoms with Gasteiger partial charge in [-0.15, -0.1) is 0 Å². The molecule has 0 atom stereocenters. The Balaban J connectivity index is 1.28. The van der Waals surface area contributed by atoms with E-state index in [0.717, 1.165) is 21.7 Å². The third-order valence-electron chi connectivity index (χ3n) is 5.23. The first kappa shape index (κ1) is 20.3. The molecule has 33 heavy (non-hydrogen) atoms.